The molecule has 0 fully saturated rings. The van der Waals surface area contributed by atoms with E-state index < -0.39 is 11.7 Å². The minimum Gasteiger partial charge on any atom is -0.352 e. The molecule has 0 radical (unpaired) electrons. The summed E-state index contributed by atoms with van der Waals surface area (Å²) in [5.74, 6) is -0.966. The van der Waals surface area contributed by atoms with Crippen molar-refractivity contribution in [3.63, 3.8) is 0 Å². The van der Waals surface area contributed by atoms with Gasteiger partial charge in [-0.25, -0.2) is 4.99 Å². The van der Waals surface area contributed by atoms with E-state index in [0.29, 0.717) is 17.2 Å². The number of aliphatic imine (C=N–C) groups is 1. The van der Waals surface area contributed by atoms with Crippen molar-refractivity contribution in [3.05, 3.63) is 71.4 Å². The lowest BCUT2D eigenvalue weighted by molar-refractivity contribution is -0.134. The molecule has 0 spiro atoms. The highest BCUT2D eigenvalue weighted by Gasteiger charge is 2.24. The number of ketones is 1. The third kappa shape index (κ3) is 3.57. The Hall–Kier alpha value is -3.21. The van der Waals surface area contributed by atoms with Gasteiger partial charge < -0.3 is 10.6 Å². The lowest BCUT2D eigenvalue weighted by Crippen LogP contribution is -2.42. The van der Waals surface area contributed by atoms with E-state index >= 15 is 0 Å². The van der Waals surface area contributed by atoms with Gasteiger partial charge in [0.05, 0.1) is 11.4 Å². The molecule has 2 aromatic rings. The van der Waals surface area contributed by atoms with Crippen LogP contribution in [0.4, 0.5) is 11.4 Å². The summed E-state index contributed by atoms with van der Waals surface area (Å²) in [4.78, 5) is 27.8. The predicted molar refractivity (Wildman–Crippen MR) is 94.3 cm³/mol. The van der Waals surface area contributed by atoms with Gasteiger partial charge in [-0.3, -0.25) is 9.59 Å². The SMILES string of the molecule is Cc1ccc(N=C2NC(=O)C(=O)C=C2Nc2ccc(C)cc2)cc1. The number of nitrogens with one attached hydrogen (secondary N) is 2. The van der Waals surface area contributed by atoms with Crippen molar-refractivity contribution in [2.75, 3.05) is 5.32 Å². The van der Waals surface area contributed by atoms with Crippen LogP contribution in [0.3, 0.4) is 0 Å². The lowest BCUT2D eigenvalue weighted by Gasteiger charge is -2.18. The van der Waals surface area contributed by atoms with Crippen LogP contribution in [0.1, 0.15) is 11.1 Å². The van der Waals surface area contributed by atoms with Crippen LogP contribution in [0.25, 0.3) is 0 Å². The van der Waals surface area contributed by atoms with Crippen molar-refractivity contribution in [3.8, 4) is 0 Å². The van der Waals surface area contributed by atoms with E-state index in [1.54, 1.807) is 0 Å². The monoisotopic (exact) mass is 319 g/mol. The van der Waals surface area contributed by atoms with Gasteiger partial charge in [0.2, 0.25) is 5.78 Å². The van der Waals surface area contributed by atoms with Crippen LogP contribution in [0, 0.1) is 13.8 Å². The molecule has 2 N–H and O–H groups in total. The second kappa shape index (κ2) is 6.50. The second-order valence-electron chi connectivity index (χ2n) is 5.66. The maximum Gasteiger partial charge on any atom is 0.297 e. The molecule has 1 aliphatic heterocycles. The van der Waals surface area contributed by atoms with Crippen LogP contribution >= 0.6 is 0 Å². The second-order valence-corrected chi connectivity index (χ2v) is 5.66. The van der Waals surface area contributed by atoms with E-state index in [9.17, 15) is 9.59 Å². The molecule has 1 aliphatic rings. The highest BCUT2D eigenvalue weighted by Crippen LogP contribution is 2.18. The minimum absolute atomic E-state index is 0.323. The zero-order valence-electron chi connectivity index (χ0n) is 13.5. The van der Waals surface area contributed by atoms with E-state index in [0.717, 1.165) is 16.8 Å². The first-order valence-electron chi connectivity index (χ1n) is 7.58. The van der Waals surface area contributed by atoms with Crippen LogP contribution in [0.5, 0.6) is 0 Å². The van der Waals surface area contributed by atoms with Crippen LogP contribution in [0.2, 0.25) is 0 Å². The number of carbonyl (C=O) groups excluding carboxylic acids is 2. The number of aryl methyl sites for hydroxylation is 2. The molecule has 0 saturated heterocycles. The quantitative estimate of drug-likeness (QED) is 0.854. The first-order valence-corrected chi connectivity index (χ1v) is 7.58. The van der Waals surface area contributed by atoms with Crippen molar-refractivity contribution in [1.82, 2.24) is 5.32 Å². The molecular formula is C19H17N3O2. The molecule has 2 aromatic carbocycles. The molecule has 5 heteroatoms. The van der Waals surface area contributed by atoms with Crippen LogP contribution in [-0.4, -0.2) is 17.5 Å². The first kappa shape index (κ1) is 15.7. The van der Waals surface area contributed by atoms with Crippen molar-refractivity contribution >= 4 is 28.9 Å². The molecule has 0 unspecified atom stereocenters. The Morgan fingerprint density at radius 3 is 2.08 bits per heavy atom. The van der Waals surface area contributed by atoms with Gasteiger partial charge in [-0.15, -0.1) is 0 Å². The minimum atomic E-state index is -0.685. The standard InChI is InChI=1S/C19H17N3O2/c1-12-3-7-14(8-4-12)20-16-11-17(23)19(24)22-18(16)21-15-9-5-13(2)6-10-15/h3-11,20H,1-2H3,(H,21,22,24). The number of hydrogen-bond acceptors (Lipinski definition) is 4. The van der Waals surface area contributed by atoms with Gasteiger partial charge in [0.1, 0.15) is 0 Å². The summed E-state index contributed by atoms with van der Waals surface area (Å²) in [6, 6.07) is 15.3. The van der Waals surface area contributed by atoms with Gasteiger partial charge in [-0.1, -0.05) is 35.4 Å². The topological polar surface area (TPSA) is 70.6 Å². The van der Waals surface area contributed by atoms with E-state index in [1.807, 2.05) is 62.4 Å². The third-order valence-electron chi connectivity index (χ3n) is 3.59. The zero-order valence-corrected chi connectivity index (χ0v) is 13.5. The predicted octanol–water partition coefficient (Wildman–Crippen LogP) is 3.03. The van der Waals surface area contributed by atoms with E-state index in [2.05, 4.69) is 15.6 Å². The van der Waals surface area contributed by atoms with E-state index in [1.165, 1.54) is 6.08 Å². The average molecular weight is 319 g/mol. The number of carbonyl (C=O) groups is 2. The highest BCUT2D eigenvalue weighted by molar-refractivity contribution is 6.47. The van der Waals surface area contributed by atoms with Gasteiger partial charge >= 0.3 is 0 Å². The molecule has 5 nitrogen and oxygen atoms in total. The summed E-state index contributed by atoms with van der Waals surface area (Å²) in [6.45, 7) is 3.99. The largest absolute Gasteiger partial charge is 0.352 e. The summed E-state index contributed by atoms with van der Waals surface area (Å²) in [7, 11) is 0. The smallest absolute Gasteiger partial charge is 0.297 e. The van der Waals surface area contributed by atoms with Crippen LogP contribution in [-0.2, 0) is 9.59 Å². The number of rotatable bonds is 3. The normalized spacial score (nSPS) is 15.9. The molecule has 0 saturated carbocycles. The lowest BCUT2D eigenvalue weighted by atomic mass is 10.1. The third-order valence-corrected chi connectivity index (χ3v) is 3.59. The molecule has 120 valence electrons. The average Bonchev–Trinajstić information content (AvgIpc) is 2.56. The Morgan fingerprint density at radius 1 is 0.875 bits per heavy atom. The number of amidine groups is 1. The van der Waals surface area contributed by atoms with Crippen LogP contribution in [0.15, 0.2) is 65.3 Å². The molecule has 0 aromatic heterocycles. The zero-order chi connectivity index (χ0) is 17.1. The fourth-order valence-corrected chi connectivity index (χ4v) is 2.23. The van der Waals surface area contributed by atoms with Crippen molar-refractivity contribution in [2.24, 2.45) is 4.99 Å². The fourth-order valence-electron chi connectivity index (χ4n) is 2.23. The van der Waals surface area contributed by atoms with Gasteiger partial charge in [0, 0.05) is 11.8 Å². The molecule has 24 heavy (non-hydrogen) atoms. The molecule has 0 aliphatic carbocycles. The summed E-state index contributed by atoms with van der Waals surface area (Å²) in [6.07, 6.45) is 1.27. The Balaban J connectivity index is 1.94. The fraction of sp³-hybridized carbons (Fsp3) is 0.105. The molecule has 3 rings (SSSR count). The molecule has 0 atom stereocenters. The number of hydrogen-bond donors (Lipinski definition) is 2. The number of nitrogens with zero attached hydrogens (tertiary/aromatic N) is 1. The van der Waals surface area contributed by atoms with Gasteiger partial charge in [-0.05, 0) is 38.1 Å². The first-order chi connectivity index (χ1) is 11.5. The maximum atomic E-state index is 11.7. The molecule has 1 heterocycles. The summed E-state index contributed by atoms with van der Waals surface area (Å²) in [5, 5.41) is 5.68. The number of anilines is 1. The molecular weight excluding hydrogens is 302 g/mol. The van der Waals surface area contributed by atoms with E-state index in [-0.39, 0.29) is 0 Å². The molecule has 0 bridgehead atoms. The van der Waals surface area contributed by atoms with Crippen LogP contribution < -0.4 is 10.6 Å². The van der Waals surface area contributed by atoms with Gasteiger partial charge in [-0.2, -0.15) is 0 Å². The molecule has 1 amide bonds. The van der Waals surface area contributed by atoms with Crippen molar-refractivity contribution < 1.29 is 9.59 Å². The van der Waals surface area contributed by atoms with Gasteiger partial charge in [0.15, 0.2) is 5.84 Å². The van der Waals surface area contributed by atoms with Crippen molar-refractivity contribution in [1.29, 1.82) is 0 Å². The summed E-state index contributed by atoms with van der Waals surface area (Å²) >= 11 is 0. The summed E-state index contributed by atoms with van der Waals surface area (Å²) in [5.41, 5.74) is 4.23. The Morgan fingerprint density at radius 2 is 1.46 bits per heavy atom. The van der Waals surface area contributed by atoms with Gasteiger partial charge in [0.25, 0.3) is 5.91 Å². The van der Waals surface area contributed by atoms with E-state index in [4.69, 9.17) is 0 Å². The number of benzene rings is 2. The highest BCUT2D eigenvalue weighted by atomic mass is 16.2. The Labute approximate surface area is 140 Å². The summed E-state index contributed by atoms with van der Waals surface area (Å²) < 4.78 is 0. The van der Waals surface area contributed by atoms with Crippen molar-refractivity contribution in [2.45, 2.75) is 13.8 Å². The maximum absolute atomic E-state index is 11.7. The number of amides is 1. The Kier molecular flexibility index (Phi) is 4.24. The Bertz CT molecular complexity index is 847.